The van der Waals surface area contributed by atoms with Crippen molar-refractivity contribution in [1.82, 2.24) is 25.0 Å². The van der Waals surface area contributed by atoms with Gasteiger partial charge in [0.2, 0.25) is 0 Å². The summed E-state index contributed by atoms with van der Waals surface area (Å²) in [7, 11) is 0. The minimum Gasteiger partial charge on any atom is -0.476 e. The van der Waals surface area contributed by atoms with E-state index in [1.165, 1.54) is 12.4 Å². The lowest BCUT2D eigenvalue weighted by Crippen LogP contribution is -2.12. The van der Waals surface area contributed by atoms with Gasteiger partial charge in [-0.15, -0.1) is 5.10 Å². The SMILES string of the molecule is O=C(O)c1cnc(NCCn2ccnn2)cn1. The Labute approximate surface area is 96.3 Å². The van der Waals surface area contributed by atoms with Gasteiger partial charge in [0, 0.05) is 12.7 Å². The fourth-order valence-electron chi connectivity index (χ4n) is 1.18. The van der Waals surface area contributed by atoms with Crippen molar-refractivity contribution in [2.24, 2.45) is 0 Å². The maximum absolute atomic E-state index is 10.5. The van der Waals surface area contributed by atoms with Crippen molar-refractivity contribution in [1.29, 1.82) is 0 Å². The Balaban J connectivity index is 1.85. The number of aromatic carboxylic acids is 1. The van der Waals surface area contributed by atoms with Crippen LogP contribution in [0.15, 0.2) is 24.8 Å². The average molecular weight is 234 g/mol. The maximum Gasteiger partial charge on any atom is 0.356 e. The number of carbonyl (C=O) groups is 1. The summed E-state index contributed by atoms with van der Waals surface area (Å²) in [5.41, 5.74) is -0.0770. The van der Waals surface area contributed by atoms with Gasteiger partial charge in [0.15, 0.2) is 5.69 Å². The highest BCUT2D eigenvalue weighted by Gasteiger charge is 2.04. The second-order valence-corrected chi connectivity index (χ2v) is 3.18. The fourth-order valence-corrected chi connectivity index (χ4v) is 1.18. The van der Waals surface area contributed by atoms with Crippen LogP contribution in [0.1, 0.15) is 10.5 Å². The highest BCUT2D eigenvalue weighted by Crippen LogP contribution is 2.00. The molecule has 0 saturated carbocycles. The third kappa shape index (κ3) is 2.97. The van der Waals surface area contributed by atoms with Crippen molar-refractivity contribution < 1.29 is 9.90 Å². The lowest BCUT2D eigenvalue weighted by molar-refractivity contribution is 0.0690. The van der Waals surface area contributed by atoms with Crippen molar-refractivity contribution in [2.75, 3.05) is 11.9 Å². The first-order valence-corrected chi connectivity index (χ1v) is 4.89. The number of hydrogen-bond acceptors (Lipinski definition) is 6. The van der Waals surface area contributed by atoms with E-state index in [1.54, 1.807) is 17.1 Å². The Kier molecular flexibility index (Phi) is 3.24. The molecule has 2 heterocycles. The van der Waals surface area contributed by atoms with E-state index in [9.17, 15) is 4.79 Å². The van der Waals surface area contributed by atoms with Crippen LogP contribution in [0.3, 0.4) is 0 Å². The molecule has 0 aliphatic heterocycles. The van der Waals surface area contributed by atoms with Crippen LogP contribution in [0.2, 0.25) is 0 Å². The van der Waals surface area contributed by atoms with Gasteiger partial charge in [0.05, 0.1) is 25.1 Å². The van der Waals surface area contributed by atoms with Crippen LogP contribution in [0.4, 0.5) is 5.82 Å². The molecule has 0 bridgehead atoms. The van der Waals surface area contributed by atoms with E-state index < -0.39 is 5.97 Å². The number of rotatable bonds is 5. The summed E-state index contributed by atoms with van der Waals surface area (Å²) in [6.07, 6.45) is 5.94. The van der Waals surface area contributed by atoms with E-state index in [1.807, 2.05) is 0 Å². The molecule has 88 valence electrons. The van der Waals surface area contributed by atoms with Crippen LogP contribution in [-0.2, 0) is 6.54 Å². The van der Waals surface area contributed by atoms with Gasteiger partial charge in [0.25, 0.3) is 0 Å². The zero-order valence-corrected chi connectivity index (χ0v) is 8.82. The molecular formula is C9H10N6O2. The number of nitrogens with zero attached hydrogens (tertiary/aromatic N) is 5. The van der Waals surface area contributed by atoms with E-state index in [0.717, 1.165) is 0 Å². The molecule has 0 aliphatic rings. The number of carboxylic acids is 1. The Bertz CT molecular complexity index is 481. The van der Waals surface area contributed by atoms with Crippen molar-refractivity contribution in [3.63, 3.8) is 0 Å². The smallest absolute Gasteiger partial charge is 0.356 e. The third-order valence-corrected chi connectivity index (χ3v) is 1.99. The summed E-state index contributed by atoms with van der Waals surface area (Å²) in [6.45, 7) is 1.24. The minimum absolute atomic E-state index is 0.0770. The summed E-state index contributed by atoms with van der Waals surface area (Å²) in [5.74, 6) is -0.568. The summed E-state index contributed by atoms with van der Waals surface area (Å²) < 4.78 is 1.67. The number of nitrogens with one attached hydrogen (secondary N) is 1. The maximum atomic E-state index is 10.5. The molecule has 2 N–H and O–H groups in total. The molecule has 0 amide bonds. The van der Waals surface area contributed by atoms with Gasteiger partial charge >= 0.3 is 5.97 Å². The first-order valence-electron chi connectivity index (χ1n) is 4.89. The molecule has 0 saturated heterocycles. The fraction of sp³-hybridized carbons (Fsp3) is 0.222. The summed E-state index contributed by atoms with van der Waals surface area (Å²) in [6, 6.07) is 0. The summed E-state index contributed by atoms with van der Waals surface area (Å²) >= 11 is 0. The zero-order chi connectivity index (χ0) is 12.1. The van der Waals surface area contributed by atoms with E-state index in [4.69, 9.17) is 5.11 Å². The first kappa shape index (κ1) is 11.0. The minimum atomic E-state index is -1.09. The van der Waals surface area contributed by atoms with E-state index in [-0.39, 0.29) is 5.69 Å². The van der Waals surface area contributed by atoms with Gasteiger partial charge in [0.1, 0.15) is 5.82 Å². The van der Waals surface area contributed by atoms with E-state index in [0.29, 0.717) is 18.9 Å². The summed E-state index contributed by atoms with van der Waals surface area (Å²) in [5, 5.41) is 19.1. The number of aromatic nitrogens is 5. The monoisotopic (exact) mass is 234 g/mol. The van der Waals surface area contributed by atoms with E-state index in [2.05, 4.69) is 25.6 Å². The molecule has 0 aromatic carbocycles. The van der Waals surface area contributed by atoms with Crippen LogP contribution >= 0.6 is 0 Å². The molecule has 17 heavy (non-hydrogen) atoms. The van der Waals surface area contributed by atoms with Crippen molar-refractivity contribution in [3.05, 3.63) is 30.5 Å². The normalized spacial score (nSPS) is 10.1. The molecule has 8 nitrogen and oxygen atoms in total. The van der Waals surface area contributed by atoms with Crippen molar-refractivity contribution in [2.45, 2.75) is 6.54 Å². The Morgan fingerprint density at radius 1 is 1.41 bits per heavy atom. The lowest BCUT2D eigenvalue weighted by atomic mass is 10.4. The van der Waals surface area contributed by atoms with Crippen LogP contribution in [0.25, 0.3) is 0 Å². The van der Waals surface area contributed by atoms with Gasteiger partial charge in [-0.2, -0.15) is 0 Å². The van der Waals surface area contributed by atoms with Gasteiger partial charge in [-0.1, -0.05) is 5.21 Å². The van der Waals surface area contributed by atoms with Crippen LogP contribution < -0.4 is 5.32 Å². The molecule has 0 radical (unpaired) electrons. The van der Waals surface area contributed by atoms with Gasteiger partial charge in [-0.25, -0.2) is 14.8 Å². The van der Waals surface area contributed by atoms with E-state index >= 15 is 0 Å². The quantitative estimate of drug-likeness (QED) is 0.742. The lowest BCUT2D eigenvalue weighted by Gasteiger charge is -2.04. The number of hydrogen-bond donors (Lipinski definition) is 2. The highest BCUT2D eigenvalue weighted by molar-refractivity contribution is 5.84. The molecule has 0 spiro atoms. The Morgan fingerprint density at radius 2 is 2.29 bits per heavy atom. The molecule has 0 unspecified atom stereocenters. The van der Waals surface area contributed by atoms with Crippen LogP contribution in [0, 0.1) is 0 Å². The molecule has 0 aliphatic carbocycles. The Hall–Kier alpha value is -2.51. The molecule has 2 aromatic rings. The molecule has 0 atom stereocenters. The summed E-state index contributed by atoms with van der Waals surface area (Å²) in [4.78, 5) is 18.2. The topological polar surface area (TPSA) is 106 Å². The van der Waals surface area contributed by atoms with Crippen molar-refractivity contribution >= 4 is 11.8 Å². The van der Waals surface area contributed by atoms with Gasteiger partial charge in [-0.05, 0) is 0 Å². The number of carboxylic acid groups (broad SMARTS) is 1. The Morgan fingerprint density at radius 3 is 2.88 bits per heavy atom. The number of anilines is 1. The van der Waals surface area contributed by atoms with Gasteiger partial charge < -0.3 is 10.4 Å². The molecular weight excluding hydrogens is 224 g/mol. The largest absolute Gasteiger partial charge is 0.476 e. The van der Waals surface area contributed by atoms with Crippen LogP contribution in [-0.4, -0.2) is 42.6 Å². The average Bonchev–Trinajstić information content (AvgIpc) is 2.83. The van der Waals surface area contributed by atoms with Gasteiger partial charge in [-0.3, -0.25) is 4.68 Å². The second-order valence-electron chi connectivity index (χ2n) is 3.18. The molecule has 2 aromatic heterocycles. The molecule has 8 heteroatoms. The molecule has 0 fully saturated rings. The predicted octanol–water partition coefficient (Wildman–Crippen LogP) is -0.122. The third-order valence-electron chi connectivity index (χ3n) is 1.99. The standard InChI is InChI=1S/C9H10N6O2/c16-9(17)7-5-12-8(6-11-7)10-1-3-15-4-2-13-14-15/h2,4-6H,1,3H2,(H,10,12)(H,16,17). The van der Waals surface area contributed by atoms with Crippen molar-refractivity contribution in [3.8, 4) is 0 Å². The second kappa shape index (κ2) is 5.01. The highest BCUT2D eigenvalue weighted by atomic mass is 16.4. The molecule has 2 rings (SSSR count). The zero-order valence-electron chi connectivity index (χ0n) is 8.82. The predicted molar refractivity (Wildman–Crippen MR) is 57.5 cm³/mol. The first-order chi connectivity index (χ1) is 8.25. The van der Waals surface area contributed by atoms with Crippen LogP contribution in [0.5, 0.6) is 0 Å².